The summed E-state index contributed by atoms with van der Waals surface area (Å²) >= 11 is 0. The zero-order chi connectivity index (χ0) is 15.1. The molecule has 0 aliphatic carbocycles. The molecule has 4 N–H and O–H groups in total. The summed E-state index contributed by atoms with van der Waals surface area (Å²) in [7, 11) is 0. The summed E-state index contributed by atoms with van der Waals surface area (Å²) in [5.41, 5.74) is 8.22. The fraction of sp³-hybridized carbons (Fsp3) is 0.529. The monoisotopic (exact) mass is 277 g/mol. The molecule has 0 fully saturated rings. The number of rotatable bonds is 8. The third-order valence-electron chi connectivity index (χ3n) is 3.54. The SMILES string of the molecule is C=C(C[C@@H](CC(C)C)C(O)O)[C@@H](N)Cc1ccccc1. The Labute approximate surface area is 122 Å². The summed E-state index contributed by atoms with van der Waals surface area (Å²) in [6.45, 7) is 8.18. The highest BCUT2D eigenvalue weighted by Crippen LogP contribution is 2.23. The van der Waals surface area contributed by atoms with Crippen LogP contribution in [0.25, 0.3) is 0 Å². The van der Waals surface area contributed by atoms with Crippen molar-refractivity contribution < 1.29 is 10.2 Å². The Balaban J connectivity index is 2.55. The minimum Gasteiger partial charge on any atom is -0.368 e. The molecule has 0 amide bonds. The van der Waals surface area contributed by atoms with Crippen molar-refractivity contribution in [3.05, 3.63) is 48.0 Å². The molecule has 0 spiro atoms. The first kappa shape index (κ1) is 16.9. The third-order valence-corrected chi connectivity index (χ3v) is 3.54. The molecule has 1 rings (SSSR count). The quantitative estimate of drug-likeness (QED) is 0.505. The van der Waals surface area contributed by atoms with E-state index in [2.05, 4.69) is 20.4 Å². The number of aliphatic hydroxyl groups excluding tert-OH is 1. The van der Waals surface area contributed by atoms with Gasteiger partial charge in [-0.3, -0.25) is 0 Å². The van der Waals surface area contributed by atoms with Crippen LogP contribution in [-0.2, 0) is 6.42 Å². The minimum atomic E-state index is -1.31. The standard InChI is InChI=1S/C17H27NO2/c1-12(2)9-15(17(19)20)10-13(3)16(18)11-14-7-5-4-6-8-14/h4-8,12,15-17,19-20H,3,9-11,18H2,1-2H3/t15-,16+/m1/s1. The second-order valence-corrected chi connectivity index (χ2v) is 5.96. The molecule has 0 saturated heterocycles. The van der Waals surface area contributed by atoms with Crippen molar-refractivity contribution in [2.75, 3.05) is 0 Å². The van der Waals surface area contributed by atoms with Crippen LogP contribution in [0.4, 0.5) is 0 Å². The summed E-state index contributed by atoms with van der Waals surface area (Å²) in [5, 5.41) is 18.9. The van der Waals surface area contributed by atoms with Crippen LogP contribution in [0.3, 0.4) is 0 Å². The summed E-state index contributed by atoms with van der Waals surface area (Å²) in [6, 6.07) is 9.89. The van der Waals surface area contributed by atoms with Gasteiger partial charge in [0.25, 0.3) is 0 Å². The highest BCUT2D eigenvalue weighted by atomic mass is 16.5. The Morgan fingerprint density at radius 3 is 2.30 bits per heavy atom. The lowest BCUT2D eigenvalue weighted by molar-refractivity contribution is -0.0886. The van der Waals surface area contributed by atoms with Crippen molar-refractivity contribution >= 4 is 0 Å². The Kier molecular flexibility index (Phi) is 6.93. The van der Waals surface area contributed by atoms with E-state index in [1.54, 1.807) is 0 Å². The van der Waals surface area contributed by atoms with E-state index in [-0.39, 0.29) is 12.0 Å². The second kappa shape index (κ2) is 8.20. The van der Waals surface area contributed by atoms with Crippen molar-refractivity contribution in [1.82, 2.24) is 0 Å². The number of benzene rings is 1. The predicted molar refractivity (Wildman–Crippen MR) is 83.0 cm³/mol. The molecule has 20 heavy (non-hydrogen) atoms. The Morgan fingerprint density at radius 2 is 1.80 bits per heavy atom. The lowest BCUT2D eigenvalue weighted by Crippen LogP contribution is -2.29. The van der Waals surface area contributed by atoms with Crippen molar-refractivity contribution in [2.45, 2.75) is 45.4 Å². The molecular formula is C17H27NO2. The van der Waals surface area contributed by atoms with Gasteiger partial charge in [-0.1, -0.05) is 56.3 Å². The van der Waals surface area contributed by atoms with Crippen LogP contribution in [0.2, 0.25) is 0 Å². The van der Waals surface area contributed by atoms with Gasteiger partial charge in [0.05, 0.1) is 0 Å². The largest absolute Gasteiger partial charge is 0.368 e. The Bertz CT molecular complexity index is 401. The number of aliphatic hydroxyl groups is 2. The van der Waals surface area contributed by atoms with Gasteiger partial charge in [0.1, 0.15) is 0 Å². The summed E-state index contributed by atoms with van der Waals surface area (Å²) in [4.78, 5) is 0. The maximum atomic E-state index is 9.46. The Hall–Kier alpha value is -1.16. The van der Waals surface area contributed by atoms with Crippen LogP contribution in [-0.4, -0.2) is 22.5 Å². The molecule has 112 valence electrons. The summed E-state index contributed by atoms with van der Waals surface area (Å²) < 4.78 is 0. The fourth-order valence-corrected chi connectivity index (χ4v) is 2.42. The van der Waals surface area contributed by atoms with Crippen molar-refractivity contribution in [1.29, 1.82) is 0 Å². The van der Waals surface area contributed by atoms with Crippen LogP contribution in [0.5, 0.6) is 0 Å². The van der Waals surface area contributed by atoms with Gasteiger partial charge in [-0.25, -0.2) is 0 Å². The Morgan fingerprint density at radius 1 is 1.20 bits per heavy atom. The molecule has 0 aromatic heterocycles. The average molecular weight is 277 g/mol. The van der Waals surface area contributed by atoms with Gasteiger partial charge in [-0.2, -0.15) is 0 Å². The van der Waals surface area contributed by atoms with E-state index in [9.17, 15) is 10.2 Å². The molecule has 3 heteroatoms. The average Bonchev–Trinajstić information content (AvgIpc) is 2.38. The molecule has 0 saturated carbocycles. The zero-order valence-electron chi connectivity index (χ0n) is 12.5. The first-order valence-electron chi connectivity index (χ1n) is 7.23. The van der Waals surface area contributed by atoms with Gasteiger partial charge in [0, 0.05) is 12.0 Å². The highest BCUT2D eigenvalue weighted by Gasteiger charge is 2.21. The summed E-state index contributed by atoms with van der Waals surface area (Å²) in [6.07, 6.45) is 0.742. The summed E-state index contributed by atoms with van der Waals surface area (Å²) in [5.74, 6) is 0.226. The predicted octanol–water partition coefficient (Wildman–Crippen LogP) is 2.48. The van der Waals surface area contributed by atoms with Crippen LogP contribution in [0, 0.1) is 11.8 Å². The molecule has 0 heterocycles. The van der Waals surface area contributed by atoms with Crippen LogP contribution in [0.15, 0.2) is 42.5 Å². The van der Waals surface area contributed by atoms with Gasteiger partial charge in [0.2, 0.25) is 0 Å². The van der Waals surface area contributed by atoms with E-state index in [1.807, 2.05) is 30.3 Å². The highest BCUT2D eigenvalue weighted by molar-refractivity contribution is 5.19. The van der Waals surface area contributed by atoms with Crippen LogP contribution >= 0.6 is 0 Å². The van der Waals surface area contributed by atoms with Gasteiger partial charge in [-0.05, 0) is 30.7 Å². The van der Waals surface area contributed by atoms with E-state index >= 15 is 0 Å². The van der Waals surface area contributed by atoms with Crippen LogP contribution < -0.4 is 5.73 Å². The molecule has 1 aromatic rings. The molecule has 0 aliphatic rings. The molecular weight excluding hydrogens is 250 g/mol. The van der Waals surface area contributed by atoms with E-state index < -0.39 is 6.29 Å². The van der Waals surface area contributed by atoms with E-state index in [0.717, 1.165) is 18.4 Å². The maximum absolute atomic E-state index is 9.46. The molecule has 0 bridgehead atoms. The number of hydrogen-bond acceptors (Lipinski definition) is 3. The molecule has 0 radical (unpaired) electrons. The van der Waals surface area contributed by atoms with E-state index in [1.165, 1.54) is 5.56 Å². The first-order chi connectivity index (χ1) is 9.40. The van der Waals surface area contributed by atoms with Crippen molar-refractivity contribution in [2.24, 2.45) is 17.6 Å². The van der Waals surface area contributed by atoms with E-state index in [4.69, 9.17) is 5.73 Å². The lowest BCUT2D eigenvalue weighted by Gasteiger charge is -2.24. The molecule has 0 unspecified atom stereocenters. The van der Waals surface area contributed by atoms with Gasteiger partial charge >= 0.3 is 0 Å². The van der Waals surface area contributed by atoms with E-state index in [0.29, 0.717) is 12.3 Å². The maximum Gasteiger partial charge on any atom is 0.154 e. The van der Waals surface area contributed by atoms with Crippen molar-refractivity contribution in [3.8, 4) is 0 Å². The topological polar surface area (TPSA) is 66.5 Å². The number of hydrogen-bond donors (Lipinski definition) is 3. The smallest absolute Gasteiger partial charge is 0.154 e. The van der Waals surface area contributed by atoms with Gasteiger partial charge in [-0.15, -0.1) is 0 Å². The second-order valence-electron chi connectivity index (χ2n) is 5.96. The van der Waals surface area contributed by atoms with Gasteiger partial charge in [0.15, 0.2) is 6.29 Å². The normalized spacial score (nSPS) is 14.6. The molecule has 3 nitrogen and oxygen atoms in total. The minimum absolute atomic E-state index is 0.147. The fourth-order valence-electron chi connectivity index (χ4n) is 2.42. The first-order valence-corrected chi connectivity index (χ1v) is 7.23. The van der Waals surface area contributed by atoms with Gasteiger partial charge < -0.3 is 15.9 Å². The third kappa shape index (κ3) is 5.87. The zero-order valence-corrected chi connectivity index (χ0v) is 12.5. The van der Waals surface area contributed by atoms with Crippen molar-refractivity contribution in [3.63, 3.8) is 0 Å². The molecule has 2 atom stereocenters. The molecule has 0 aliphatic heterocycles. The van der Waals surface area contributed by atoms with Crippen LogP contribution in [0.1, 0.15) is 32.3 Å². The molecule has 1 aromatic carbocycles. The lowest BCUT2D eigenvalue weighted by atomic mass is 9.87. The number of nitrogens with two attached hydrogens (primary N) is 1.